The number of hydrogen-bond acceptors (Lipinski definition) is 5. The van der Waals surface area contributed by atoms with Gasteiger partial charge in [-0.15, -0.1) is 0 Å². The van der Waals surface area contributed by atoms with Gasteiger partial charge in [0.2, 0.25) is 10.0 Å². The number of H-pyrrole nitrogens is 1. The number of carbonyl (C=O) groups excluding carboxylic acids is 1. The summed E-state index contributed by atoms with van der Waals surface area (Å²) in [6, 6.07) is 2.51. The summed E-state index contributed by atoms with van der Waals surface area (Å²) < 4.78 is 25.7. The summed E-state index contributed by atoms with van der Waals surface area (Å²) in [4.78, 5) is 22.9. The van der Waals surface area contributed by atoms with Gasteiger partial charge in [-0.05, 0) is 25.3 Å². The molecular weight excluding hydrogens is 320 g/mol. The molecule has 0 bridgehead atoms. The average molecular weight is 342 g/mol. The van der Waals surface area contributed by atoms with Gasteiger partial charge in [0, 0.05) is 25.2 Å². The normalized spacial score (nSPS) is 17.1. The van der Waals surface area contributed by atoms with Crippen molar-refractivity contribution in [3.05, 3.63) is 28.2 Å². The zero-order valence-corrected chi connectivity index (χ0v) is 13.9. The first-order chi connectivity index (χ1) is 10.9. The van der Waals surface area contributed by atoms with Gasteiger partial charge in [-0.1, -0.05) is 13.3 Å². The second-order valence-electron chi connectivity index (χ2n) is 5.62. The number of rotatable bonds is 6. The topological polar surface area (TPSA) is 112 Å². The lowest BCUT2D eigenvalue weighted by molar-refractivity contribution is 0.0917. The van der Waals surface area contributed by atoms with E-state index < -0.39 is 10.0 Å². The Bertz CT molecular complexity index is 672. The predicted molar refractivity (Wildman–Crippen MR) is 85.6 cm³/mol. The fourth-order valence-corrected chi connectivity index (χ4v) is 4.14. The summed E-state index contributed by atoms with van der Waals surface area (Å²) >= 11 is 0. The smallest absolute Gasteiger partial charge is 0.271 e. The zero-order valence-electron chi connectivity index (χ0n) is 13.1. The molecule has 9 heteroatoms. The van der Waals surface area contributed by atoms with Gasteiger partial charge < -0.3 is 5.32 Å². The summed E-state index contributed by atoms with van der Waals surface area (Å²) in [7, 11) is -3.19. The second kappa shape index (κ2) is 7.69. The molecule has 2 rings (SSSR count). The van der Waals surface area contributed by atoms with E-state index in [0.717, 1.165) is 6.42 Å². The Hall–Kier alpha value is -1.74. The minimum Gasteiger partial charge on any atom is -0.348 e. The van der Waals surface area contributed by atoms with Crippen molar-refractivity contribution < 1.29 is 13.2 Å². The third-order valence-corrected chi connectivity index (χ3v) is 5.81. The van der Waals surface area contributed by atoms with Crippen molar-refractivity contribution >= 4 is 15.9 Å². The number of hydrogen-bond donors (Lipinski definition) is 2. The number of aromatic nitrogens is 2. The summed E-state index contributed by atoms with van der Waals surface area (Å²) in [6.45, 7) is 2.79. The van der Waals surface area contributed by atoms with Crippen LogP contribution < -0.4 is 10.9 Å². The Morgan fingerprint density at radius 1 is 1.39 bits per heavy atom. The van der Waals surface area contributed by atoms with Crippen molar-refractivity contribution in [3.63, 3.8) is 0 Å². The van der Waals surface area contributed by atoms with E-state index in [4.69, 9.17) is 0 Å². The second-order valence-corrected chi connectivity index (χ2v) is 7.71. The highest BCUT2D eigenvalue weighted by atomic mass is 32.2. The molecule has 0 radical (unpaired) electrons. The Balaban J connectivity index is 1.86. The van der Waals surface area contributed by atoms with Gasteiger partial charge in [0.05, 0.1) is 5.75 Å². The number of sulfonamides is 1. The quantitative estimate of drug-likeness (QED) is 0.761. The van der Waals surface area contributed by atoms with Gasteiger partial charge in [-0.2, -0.15) is 5.10 Å². The van der Waals surface area contributed by atoms with E-state index in [9.17, 15) is 18.0 Å². The number of carbonyl (C=O) groups is 1. The number of amides is 1. The van der Waals surface area contributed by atoms with E-state index in [1.807, 2.05) is 6.92 Å². The lowest BCUT2D eigenvalue weighted by Gasteiger charge is -2.31. The molecule has 2 heterocycles. The molecule has 1 aliphatic rings. The highest BCUT2D eigenvalue weighted by Gasteiger charge is 2.28. The molecule has 23 heavy (non-hydrogen) atoms. The minimum absolute atomic E-state index is 0.0890. The maximum atomic E-state index is 12.1. The van der Waals surface area contributed by atoms with Gasteiger partial charge in [0.1, 0.15) is 5.69 Å². The molecular formula is C14H22N4O4S. The van der Waals surface area contributed by atoms with Gasteiger partial charge >= 0.3 is 0 Å². The van der Waals surface area contributed by atoms with Crippen LogP contribution in [0.2, 0.25) is 0 Å². The molecule has 1 aromatic heterocycles. The SMILES string of the molecule is CCCCS(=O)(=O)N1CCC(NC(=O)c2ccc(=O)[nH]n2)CC1. The Morgan fingerprint density at radius 2 is 2.09 bits per heavy atom. The van der Waals surface area contributed by atoms with Crippen LogP contribution in [0.5, 0.6) is 0 Å². The van der Waals surface area contributed by atoms with Crippen LogP contribution in [0.1, 0.15) is 43.1 Å². The molecule has 0 saturated carbocycles. The van der Waals surface area contributed by atoms with E-state index in [1.54, 1.807) is 0 Å². The summed E-state index contributed by atoms with van der Waals surface area (Å²) in [5.41, 5.74) is -0.227. The first-order valence-corrected chi connectivity index (χ1v) is 9.37. The van der Waals surface area contributed by atoms with Crippen LogP contribution in [0.3, 0.4) is 0 Å². The van der Waals surface area contributed by atoms with Crippen molar-refractivity contribution in [1.82, 2.24) is 19.8 Å². The fourth-order valence-electron chi connectivity index (χ4n) is 2.46. The molecule has 1 saturated heterocycles. The van der Waals surface area contributed by atoms with E-state index in [0.29, 0.717) is 32.4 Å². The summed E-state index contributed by atoms with van der Waals surface area (Å²) in [5, 5.41) is 8.71. The van der Waals surface area contributed by atoms with Crippen LogP contribution in [-0.2, 0) is 10.0 Å². The van der Waals surface area contributed by atoms with E-state index in [-0.39, 0.29) is 29.0 Å². The largest absolute Gasteiger partial charge is 0.348 e. The molecule has 1 amide bonds. The summed E-state index contributed by atoms with van der Waals surface area (Å²) in [5.74, 6) is -0.185. The molecule has 1 aliphatic heterocycles. The third kappa shape index (κ3) is 4.87. The van der Waals surface area contributed by atoms with E-state index in [2.05, 4.69) is 15.5 Å². The number of aromatic amines is 1. The molecule has 1 aromatic rings. The number of unbranched alkanes of at least 4 members (excludes halogenated alkanes) is 1. The molecule has 0 spiro atoms. The summed E-state index contributed by atoms with van der Waals surface area (Å²) in [6.07, 6.45) is 2.65. The molecule has 8 nitrogen and oxygen atoms in total. The van der Waals surface area contributed by atoms with Crippen LogP contribution in [0, 0.1) is 0 Å². The monoisotopic (exact) mass is 342 g/mol. The molecule has 0 aromatic carbocycles. The first-order valence-electron chi connectivity index (χ1n) is 7.77. The standard InChI is InChI=1S/C14H22N4O4S/c1-2-3-10-23(21,22)18-8-6-11(7-9-18)15-14(20)12-4-5-13(19)17-16-12/h4-5,11H,2-3,6-10H2,1H3,(H,15,20)(H,17,19). The molecule has 0 aliphatic carbocycles. The number of nitrogens with one attached hydrogen (secondary N) is 2. The van der Waals surface area contributed by atoms with Crippen LogP contribution in [0.25, 0.3) is 0 Å². The lowest BCUT2D eigenvalue weighted by atomic mass is 10.1. The number of piperidine rings is 1. The molecule has 2 N–H and O–H groups in total. The lowest BCUT2D eigenvalue weighted by Crippen LogP contribution is -2.47. The van der Waals surface area contributed by atoms with Crippen LogP contribution in [-0.4, -0.2) is 53.7 Å². The predicted octanol–water partition coefficient (Wildman–Crippen LogP) is 0.0940. The van der Waals surface area contributed by atoms with Crippen molar-refractivity contribution in [2.45, 2.75) is 38.6 Å². The number of nitrogens with zero attached hydrogens (tertiary/aromatic N) is 2. The van der Waals surface area contributed by atoms with Gasteiger partial charge in [-0.25, -0.2) is 17.8 Å². The maximum Gasteiger partial charge on any atom is 0.271 e. The highest BCUT2D eigenvalue weighted by molar-refractivity contribution is 7.89. The Labute approximate surface area is 135 Å². The molecule has 0 atom stereocenters. The van der Waals surface area contributed by atoms with Gasteiger partial charge in [0.15, 0.2) is 0 Å². The van der Waals surface area contributed by atoms with Crippen LogP contribution in [0.15, 0.2) is 16.9 Å². The average Bonchev–Trinajstić information content (AvgIpc) is 2.54. The Morgan fingerprint density at radius 3 is 2.65 bits per heavy atom. The Kier molecular flexibility index (Phi) is 5.89. The van der Waals surface area contributed by atoms with Gasteiger partial charge in [-0.3, -0.25) is 9.59 Å². The van der Waals surface area contributed by atoms with Crippen LogP contribution in [0.4, 0.5) is 0 Å². The zero-order chi connectivity index (χ0) is 16.9. The van der Waals surface area contributed by atoms with Crippen LogP contribution >= 0.6 is 0 Å². The highest BCUT2D eigenvalue weighted by Crippen LogP contribution is 2.15. The van der Waals surface area contributed by atoms with E-state index in [1.165, 1.54) is 16.4 Å². The first kappa shape index (κ1) is 17.6. The van der Waals surface area contributed by atoms with Crippen molar-refractivity contribution in [3.8, 4) is 0 Å². The van der Waals surface area contributed by atoms with E-state index >= 15 is 0 Å². The third-order valence-electron chi connectivity index (χ3n) is 3.85. The fraction of sp³-hybridized carbons (Fsp3) is 0.643. The molecule has 1 fully saturated rings. The van der Waals surface area contributed by atoms with Crippen molar-refractivity contribution in [2.24, 2.45) is 0 Å². The van der Waals surface area contributed by atoms with Gasteiger partial charge in [0.25, 0.3) is 11.5 Å². The van der Waals surface area contributed by atoms with Crippen molar-refractivity contribution in [2.75, 3.05) is 18.8 Å². The maximum absolute atomic E-state index is 12.1. The molecule has 128 valence electrons. The van der Waals surface area contributed by atoms with Crippen molar-refractivity contribution in [1.29, 1.82) is 0 Å². The molecule has 0 unspecified atom stereocenters. The minimum atomic E-state index is -3.19.